The summed E-state index contributed by atoms with van der Waals surface area (Å²) < 4.78 is 10.4. The summed E-state index contributed by atoms with van der Waals surface area (Å²) in [6, 6.07) is 16.1. The van der Waals surface area contributed by atoms with Crippen molar-refractivity contribution in [2.75, 3.05) is 14.2 Å². The highest BCUT2D eigenvalue weighted by Gasteiger charge is 2.47. The van der Waals surface area contributed by atoms with Crippen LogP contribution in [0.25, 0.3) is 0 Å². The Kier molecular flexibility index (Phi) is 3.37. The quantitative estimate of drug-likeness (QED) is 0.867. The van der Waals surface area contributed by atoms with Gasteiger partial charge >= 0.3 is 0 Å². The minimum Gasteiger partial charge on any atom is -0.497 e. The zero-order valence-electron chi connectivity index (χ0n) is 13.2. The van der Waals surface area contributed by atoms with Crippen LogP contribution in [0.2, 0.25) is 0 Å². The SMILES string of the molecule is COc1ccc(C2=NN=C(c3ccc(OC)cc3)[C@@H]3C[C@H]23)cc1. The van der Waals surface area contributed by atoms with E-state index in [1.54, 1.807) is 14.2 Å². The molecule has 116 valence electrons. The molecule has 4 heteroatoms. The van der Waals surface area contributed by atoms with Crippen LogP contribution in [0.15, 0.2) is 58.7 Å². The Hall–Kier alpha value is -2.62. The molecule has 0 unspecified atom stereocenters. The molecule has 1 fully saturated rings. The van der Waals surface area contributed by atoms with Gasteiger partial charge in [-0.05, 0) is 66.1 Å². The summed E-state index contributed by atoms with van der Waals surface area (Å²) in [5.74, 6) is 2.69. The summed E-state index contributed by atoms with van der Waals surface area (Å²) >= 11 is 0. The average Bonchev–Trinajstić information content (AvgIpc) is 3.42. The van der Waals surface area contributed by atoms with Gasteiger partial charge in [-0.3, -0.25) is 0 Å². The first-order valence-corrected chi connectivity index (χ1v) is 7.74. The van der Waals surface area contributed by atoms with Crippen molar-refractivity contribution in [3.05, 3.63) is 59.7 Å². The van der Waals surface area contributed by atoms with Crippen LogP contribution < -0.4 is 9.47 Å². The molecule has 2 aliphatic rings. The Morgan fingerprint density at radius 3 is 1.43 bits per heavy atom. The van der Waals surface area contributed by atoms with Crippen molar-refractivity contribution in [2.45, 2.75) is 6.42 Å². The normalized spacial score (nSPS) is 21.8. The third-order valence-corrected chi connectivity index (χ3v) is 4.53. The van der Waals surface area contributed by atoms with Crippen molar-refractivity contribution in [1.29, 1.82) is 0 Å². The summed E-state index contributed by atoms with van der Waals surface area (Å²) in [6.07, 6.45) is 1.12. The van der Waals surface area contributed by atoms with Gasteiger partial charge in [-0.1, -0.05) is 0 Å². The maximum atomic E-state index is 5.21. The molecule has 2 aromatic carbocycles. The van der Waals surface area contributed by atoms with E-state index >= 15 is 0 Å². The lowest BCUT2D eigenvalue weighted by molar-refractivity contribution is 0.414. The number of nitrogens with zero attached hydrogens (tertiary/aromatic N) is 2. The second kappa shape index (κ2) is 5.54. The monoisotopic (exact) mass is 306 g/mol. The van der Waals surface area contributed by atoms with E-state index < -0.39 is 0 Å². The molecule has 23 heavy (non-hydrogen) atoms. The van der Waals surface area contributed by atoms with Crippen LogP contribution in [0.3, 0.4) is 0 Å². The van der Waals surface area contributed by atoms with E-state index in [1.165, 1.54) is 0 Å². The molecule has 4 rings (SSSR count). The van der Waals surface area contributed by atoms with Crippen LogP contribution >= 0.6 is 0 Å². The van der Waals surface area contributed by atoms with Crippen LogP contribution in [0, 0.1) is 11.8 Å². The number of fused-ring (bicyclic) bond motifs is 1. The molecule has 0 radical (unpaired) electrons. The highest BCUT2D eigenvalue weighted by molar-refractivity contribution is 6.14. The van der Waals surface area contributed by atoms with Gasteiger partial charge in [0, 0.05) is 11.8 Å². The molecule has 1 aliphatic heterocycles. The molecule has 0 aromatic heterocycles. The Morgan fingerprint density at radius 2 is 1.09 bits per heavy atom. The molecule has 0 N–H and O–H groups in total. The molecule has 1 saturated carbocycles. The highest BCUT2D eigenvalue weighted by Crippen LogP contribution is 2.46. The minimum absolute atomic E-state index is 0.484. The third-order valence-electron chi connectivity index (χ3n) is 4.53. The van der Waals surface area contributed by atoms with Crippen molar-refractivity contribution in [3.8, 4) is 11.5 Å². The van der Waals surface area contributed by atoms with E-state index in [2.05, 4.69) is 34.5 Å². The minimum atomic E-state index is 0.484. The zero-order valence-corrected chi connectivity index (χ0v) is 13.2. The molecule has 4 nitrogen and oxygen atoms in total. The van der Waals surface area contributed by atoms with Gasteiger partial charge in [0.1, 0.15) is 11.5 Å². The van der Waals surface area contributed by atoms with Crippen LogP contribution in [-0.2, 0) is 0 Å². The number of hydrogen-bond acceptors (Lipinski definition) is 4. The van der Waals surface area contributed by atoms with Crippen molar-refractivity contribution in [3.63, 3.8) is 0 Å². The fourth-order valence-electron chi connectivity index (χ4n) is 3.12. The first kappa shape index (κ1) is 14.0. The Morgan fingerprint density at radius 1 is 0.696 bits per heavy atom. The second-order valence-electron chi connectivity index (χ2n) is 5.88. The maximum Gasteiger partial charge on any atom is 0.118 e. The van der Waals surface area contributed by atoms with Gasteiger partial charge < -0.3 is 9.47 Å². The summed E-state index contributed by atoms with van der Waals surface area (Å²) in [5, 5.41) is 9.02. The Labute approximate surface area is 135 Å². The van der Waals surface area contributed by atoms with Crippen molar-refractivity contribution < 1.29 is 9.47 Å². The molecule has 0 saturated heterocycles. The zero-order chi connectivity index (χ0) is 15.8. The van der Waals surface area contributed by atoms with Crippen LogP contribution in [0.4, 0.5) is 0 Å². The molecular formula is C19H18N2O2. The topological polar surface area (TPSA) is 43.2 Å². The summed E-state index contributed by atoms with van der Waals surface area (Å²) in [7, 11) is 3.35. The number of ether oxygens (including phenoxy) is 2. The summed E-state index contributed by atoms with van der Waals surface area (Å²) in [6.45, 7) is 0. The largest absolute Gasteiger partial charge is 0.497 e. The van der Waals surface area contributed by atoms with E-state index in [0.29, 0.717) is 11.8 Å². The predicted octanol–water partition coefficient (Wildman–Crippen LogP) is 3.55. The van der Waals surface area contributed by atoms with Crippen LogP contribution in [0.1, 0.15) is 17.5 Å². The summed E-state index contributed by atoms with van der Waals surface area (Å²) in [5.41, 5.74) is 4.46. The van der Waals surface area contributed by atoms with Gasteiger partial charge in [-0.25, -0.2) is 0 Å². The smallest absolute Gasteiger partial charge is 0.118 e. The predicted molar refractivity (Wildman–Crippen MR) is 90.7 cm³/mol. The number of hydrogen-bond donors (Lipinski definition) is 0. The molecule has 0 bridgehead atoms. The van der Waals surface area contributed by atoms with Crippen LogP contribution in [0.5, 0.6) is 11.5 Å². The molecular weight excluding hydrogens is 288 g/mol. The first-order valence-electron chi connectivity index (χ1n) is 7.74. The van der Waals surface area contributed by atoms with Gasteiger partial charge in [-0.2, -0.15) is 10.2 Å². The van der Waals surface area contributed by atoms with E-state index in [4.69, 9.17) is 9.47 Å². The van der Waals surface area contributed by atoms with Gasteiger partial charge in [0.2, 0.25) is 0 Å². The third kappa shape index (κ3) is 2.50. The van der Waals surface area contributed by atoms with E-state index in [-0.39, 0.29) is 0 Å². The first-order chi connectivity index (χ1) is 11.3. The van der Waals surface area contributed by atoms with Gasteiger partial charge in [0.05, 0.1) is 25.6 Å². The van der Waals surface area contributed by atoms with Gasteiger partial charge in [0.25, 0.3) is 0 Å². The molecule has 0 amide bonds. The van der Waals surface area contributed by atoms with Gasteiger partial charge in [0.15, 0.2) is 0 Å². The summed E-state index contributed by atoms with van der Waals surface area (Å²) in [4.78, 5) is 0. The number of rotatable bonds is 4. The Bertz CT molecular complexity index is 709. The maximum absolute atomic E-state index is 5.21. The highest BCUT2D eigenvalue weighted by atomic mass is 16.5. The second-order valence-corrected chi connectivity index (χ2v) is 5.88. The van der Waals surface area contributed by atoms with Crippen LogP contribution in [-0.4, -0.2) is 25.6 Å². The molecule has 2 atom stereocenters. The molecule has 1 heterocycles. The van der Waals surface area contributed by atoms with E-state index in [0.717, 1.165) is 40.5 Å². The molecule has 0 spiro atoms. The lowest BCUT2D eigenvalue weighted by Crippen LogP contribution is -2.15. The van der Waals surface area contributed by atoms with Crippen molar-refractivity contribution in [2.24, 2.45) is 22.0 Å². The van der Waals surface area contributed by atoms with Crippen molar-refractivity contribution in [1.82, 2.24) is 0 Å². The van der Waals surface area contributed by atoms with Gasteiger partial charge in [-0.15, -0.1) is 0 Å². The van der Waals surface area contributed by atoms with E-state index in [1.807, 2.05) is 24.3 Å². The standard InChI is InChI=1S/C19H18N2O2/c1-22-14-7-3-12(4-8-14)18-16-11-17(16)19(21-20-18)13-5-9-15(23-2)10-6-13/h3-10,16-17H,11H2,1-2H3/t16-,17+. The molecule has 2 aromatic rings. The number of methoxy groups -OCH3 is 2. The fraction of sp³-hybridized carbons (Fsp3) is 0.263. The fourth-order valence-corrected chi connectivity index (χ4v) is 3.12. The number of benzene rings is 2. The average molecular weight is 306 g/mol. The lowest BCUT2D eigenvalue weighted by Gasteiger charge is -2.13. The lowest BCUT2D eigenvalue weighted by atomic mass is 9.99. The Balaban J connectivity index is 1.62. The van der Waals surface area contributed by atoms with Crippen molar-refractivity contribution >= 4 is 11.4 Å². The van der Waals surface area contributed by atoms with E-state index in [9.17, 15) is 0 Å². The molecule has 1 aliphatic carbocycles.